The van der Waals surface area contributed by atoms with Crippen LogP contribution in [0.15, 0.2) is 24.1 Å². The molecule has 0 spiro atoms. The van der Waals surface area contributed by atoms with E-state index in [2.05, 4.69) is 12.5 Å². The van der Waals surface area contributed by atoms with Crippen LogP contribution < -0.4 is 21.9 Å². The molecule has 1 heterocycles. The maximum absolute atomic E-state index is 13.2. The van der Waals surface area contributed by atoms with E-state index in [4.69, 9.17) is 17.9 Å². The molecule has 0 bridgehead atoms. The van der Waals surface area contributed by atoms with Gasteiger partial charge in [0.2, 0.25) is 5.91 Å². The van der Waals surface area contributed by atoms with Crippen molar-refractivity contribution in [2.24, 2.45) is 17.6 Å². The standard InChI is InChI=1S/C22H22FN3O2.C2H6/c1-4-13(9-14-5-7-15(23)8-6-14)10-16-12(2)20(24)19-17(18(16)21(25)27)11-26(3)22(19)28;1-2/h1,5,7-8,10,13-14H,2,6,9,11,24H2,3H3,(H2,25,27);1-2H3/b16-10+;. The largest absolute Gasteiger partial charge is 0.398 e. The zero-order valence-corrected chi connectivity index (χ0v) is 17.7. The van der Waals surface area contributed by atoms with Gasteiger partial charge >= 0.3 is 0 Å². The molecular weight excluding hydrogens is 381 g/mol. The van der Waals surface area contributed by atoms with E-state index < -0.39 is 5.91 Å². The quantitative estimate of drug-likeness (QED) is 0.590. The van der Waals surface area contributed by atoms with Gasteiger partial charge in [-0.15, -0.1) is 6.42 Å². The zero-order valence-electron chi connectivity index (χ0n) is 17.7. The Labute approximate surface area is 176 Å². The van der Waals surface area contributed by atoms with Crippen LogP contribution in [0.25, 0.3) is 12.7 Å². The monoisotopic (exact) mass is 409 g/mol. The van der Waals surface area contributed by atoms with E-state index in [0.717, 1.165) is 0 Å². The molecule has 1 aromatic carbocycles. The van der Waals surface area contributed by atoms with Crippen LogP contribution in [0.3, 0.4) is 0 Å². The number of primary amides is 1. The third kappa shape index (κ3) is 4.30. The number of allylic oxidation sites excluding steroid dienone is 4. The maximum Gasteiger partial charge on any atom is 0.256 e. The average Bonchev–Trinajstić information content (AvgIpc) is 3.02. The van der Waals surface area contributed by atoms with Gasteiger partial charge in [-0.3, -0.25) is 9.59 Å². The molecule has 2 unspecified atom stereocenters. The van der Waals surface area contributed by atoms with Crippen LogP contribution in [0, 0.1) is 24.2 Å². The summed E-state index contributed by atoms with van der Waals surface area (Å²) in [5.41, 5.74) is 13.1. The maximum atomic E-state index is 13.2. The van der Waals surface area contributed by atoms with Crippen LogP contribution >= 0.6 is 0 Å². The fourth-order valence-corrected chi connectivity index (χ4v) is 3.79. The second-order valence-electron chi connectivity index (χ2n) is 7.18. The molecule has 1 aliphatic heterocycles. The first-order chi connectivity index (χ1) is 14.2. The first-order valence-corrected chi connectivity index (χ1v) is 9.95. The Morgan fingerprint density at radius 3 is 2.70 bits per heavy atom. The number of hydrogen-bond donors (Lipinski definition) is 2. The molecule has 2 aliphatic rings. The molecule has 0 saturated carbocycles. The first-order valence-electron chi connectivity index (χ1n) is 9.95. The SMILES string of the molecule is C#CC(/C=c1/c(C(N)=O)c2c(c(N)c1=C)C(=O)N(C)C2)CC1C=CC(F)=CC1.CC. The summed E-state index contributed by atoms with van der Waals surface area (Å²) in [5, 5.41) is 0.831. The molecule has 0 fully saturated rings. The van der Waals surface area contributed by atoms with E-state index in [1.54, 1.807) is 19.2 Å². The average molecular weight is 410 g/mol. The number of anilines is 1. The number of amides is 2. The topological polar surface area (TPSA) is 89.4 Å². The van der Waals surface area contributed by atoms with Gasteiger partial charge in [0.05, 0.1) is 16.8 Å². The summed E-state index contributed by atoms with van der Waals surface area (Å²) in [6.45, 7) is 8.21. The number of nitrogens with two attached hydrogens (primary N) is 2. The molecule has 158 valence electrons. The molecule has 2 atom stereocenters. The van der Waals surface area contributed by atoms with Gasteiger partial charge in [-0.25, -0.2) is 4.39 Å². The predicted octanol–water partition coefficient (Wildman–Crippen LogP) is 2.24. The van der Waals surface area contributed by atoms with Gasteiger partial charge in [0.1, 0.15) is 5.83 Å². The van der Waals surface area contributed by atoms with Gasteiger partial charge in [0, 0.05) is 19.5 Å². The molecular formula is C24H28FN3O2. The summed E-state index contributed by atoms with van der Waals surface area (Å²) < 4.78 is 13.2. The van der Waals surface area contributed by atoms with E-state index in [1.807, 2.05) is 13.8 Å². The highest BCUT2D eigenvalue weighted by molar-refractivity contribution is 6.07. The molecule has 0 saturated heterocycles. The lowest BCUT2D eigenvalue weighted by Gasteiger charge is -2.17. The highest BCUT2D eigenvalue weighted by Crippen LogP contribution is 2.27. The van der Waals surface area contributed by atoms with Crippen LogP contribution in [-0.4, -0.2) is 23.8 Å². The first kappa shape index (κ1) is 23.0. The molecule has 3 rings (SSSR count). The Bertz CT molecular complexity index is 1080. The number of nitrogen functional groups attached to an aromatic ring is 1. The van der Waals surface area contributed by atoms with E-state index in [0.29, 0.717) is 28.8 Å². The Hall–Kier alpha value is -3.33. The number of carbonyl (C=O) groups is 2. The van der Waals surface area contributed by atoms with Crippen LogP contribution in [0.5, 0.6) is 0 Å². The summed E-state index contributed by atoms with van der Waals surface area (Å²) >= 11 is 0. The van der Waals surface area contributed by atoms with E-state index in [9.17, 15) is 14.0 Å². The Morgan fingerprint density at radius 1 is 1.50 bits per heavy atom. The van der Waals surface area contributed by atoms with Gasteiger partial charge in [-0.2, -0.15) is 0 Å². The number of rotatable bonds is 4. The second-order valence-corrected chi connectivity index (χ2v) is 7.18. The van der Waals surface area contributed by atoms with Gasteiger partial charge in [-0.1, -0.05) is 38.5 Å². The second kappa shape index (κ2) is 9.45. The fourth-order valence-electron chi connectivity index (χ4n) is 3.79. The molecule has 4 N–H and O–H groups in total. The smallest absolute Gasteiger partial charge is 0.256 e. The summed E-state index contributed by atoms with van der Waals surface area (Å²) in [5.74, 6) is 1.27. The summed E-state index contributed by atoms with van der Waals surface area (Å²) in [7, 11) is 1.63. The van der Waals surface area contributed by atoms with Crippen molar-refractivity contribution in [1.29, 1.82) is 0 Å². The van der Waals surface area contributed by atoms with Gasteiger partial charge in [-0.05, 0) is 46.9 Å². The predicted molar refractivity (Wildman–Crippen MR) is 119 cm³/mol. The third-order valence-corrected chi connectivity index (χ3v) is 5.28. The number of halogens is 1. The van der Waals surface area contributed by atoms with Crippen molar-refractivity contribution in [3.63, 3.8) is 0 Å². The minimum Gasteiger partial charge on any atom is -0.398 e. The molecule has 0 aromatic heterocycles. The fraction of sp³-hybridized carbons (Fsp3) is 0.333. The summed E-state index contributed by atoms with van der Waals surface area (Å²) in [6, 6.07) is 0. The minimum absolute atomic E-state index is 0.0848. The normalized spacial score (nSPS) is 18.8. The van der Waals surface area contributed by atoms with Crippen molar-refractivity contribution < 1.29 is 14.0 Å². The van der Waals surface area contributed by atoms with E-state index in [1.165, 1.54) is 17.1 Å². The number of nitrogens with zero attached hydrogens (tertiary/aromatic N) is 1. The van der Waals surface area contributed by atoms with E-state index in [-0.39, 0.29) is 46.9 Å². The van der Waals surface area contributed by atoms with Crippen molar-refractivity contribution in [3.8, 4) is 12.3 Å². The lowest BCUT2D eigenvalue weighted by Crippen LogP contribution is -2.38. The van der Waals surface area contributed by atoms with Crippen molar-refractivity contribution >= 4 is 30.2 Å². The van der Waals surface area contributed by atoms with Gasteiger partial charge in [0.15, 0.2) is 0 Å². The lowest BCUT2D eigenvalue weighted by atomic mass is 9.88. The minimum atomic E-state index is -0.658. The number of hydrogen-bond acceptors (Lipinski definition) is 3. The van der Waals surface area contributed by atoms with Crippen LogP contribution in [0.1, 0.15) is 53.0 Å². The molecule has 1 aromatic rings. The third-order valence-electron chi connectivity index (χ3n) is 5.28. The summed E-state index contributed by atoms with van der Waals surface area (Å²) in [6.07, 6.45) is 13.3. The van der Waals surface area contributed by atoms with Crippen molar-refractivity contribution in [2.75, 3.05) is 12.8 Å². The number of benzene rings is 1. The van der Waals surface area contributed by atoms with Crippen LogP contribution in [-0.2, 0) is 6.54 Å². The summed E-state index contributed by atoms with van der Waals surface area (Å²) in [4.78, 5) is 26.1. The Morgan fingerprint density at radius 2 is 2.17 bits per heavy atom. The van der Waals surface area contributed by atoms with Crippen LogP contribution in [0.4, 0.5) is 10.1 Å². The molecule has 0 radical (unpaired) electrons. The van der Waals surface area contributed by atoms with Crippen molar-refractivity contribution in [3.05, 3.63) is 51.2 Å². The van der Waals surface area contributed by atoms with E-state index >= 15 is 0 Å². The molecule has 30 heavy (non-hydrogen) atoms. The van der Waals surface area contributed by atoms with Crippen molar-refractivity contribution in [2.45, 2.75) is 33.2 Å². The molecule has 2 amide bonds. The number of fused-ring (bicyclic) bond motifs is 1. The van der Waals surface area contributed by atoms with Gasteiger partial charge in [0.25, 0.3) is 5.91 Å². The number of carbonyl (C=O) groups excluding carboxylic acids is 2. The number of terminal acetylenes is 1. The van der Waals surface area contributed by atoms with Crippen molar-refractivity contribution in [1.82, 2.24) is 4.90 Å². The highest BCUT2D eigenvalue weighted by atomic mass is 19.1. The van der Waals surface area contributed by atoms with Gasteiger partial charge < -0.3 is 16.4 Å². The van der Waals surface area contributed by atoms with Crippen LogP contribution in [0.2, 0.25) is 0 Å². The molecule has 6 heteroatoms. The Balaban J connectivity index is 0.00000155. The Kier molecular flexibility index (Phi) is 7.23. The molecule has 5 nitrogen and oxygen atoms in total. The lowest BCUT2D eigenvalue weighted by molar-refractivity contribution is 0.0816. The highest BCUT2D eigenvalue weighted by Gasteiger charge is 2.32. The zero-order chi connectivity index (χ0) is 22.6. The molecule has 1 aliphatic carbocycles.